The molecule has 0 saturated heterocycles. The molecule has 0 radical (unpaired) electrons. The van der Waals surface area contributed by atoms with Crippen molar-refractivity contribution in [2.75, 3.05) is 6.67 Å². The van der Waals surface area contributed by atoms with Gasteiger partial charge in [-0.15, -0.1) is 0 Å². The lowest BCUT2D eigenvalue weighted by atomic mass is 10.1. The Hall–Kier alpha value is -1.84. The number of allylic oxidation sites excluding steroid dienone is 1. The van der Waals surface area contributed by atoms with Crippen molar-refractivity contribution in [3.63, 3.8) is 0 Å². The van der Waals surface area contributed by atoms with Crippen LogP contribution in [0.15, 0.2) is 46.4 Å². The van der Waals surface area contributed by atoms with E-state index in [2.05, 4.69) is 15.5 Å². The van der Waals surface area contributed by atoms with Gasteiger partial charge in [0.05, 0.1) is 5.70 Å². The molecular formula is C10H11N3O. The van der Waals surface area contributed by atoms with Crippen molar-refractivity contribution >= 4 is 0 Å². The number of nitrogens with one attached hydrogen (secondary N) is 1. The molecule has 1 aliphatic rings. The molecule has 0 fully saturated rings. The number of phenols is 1. The van der Waals surface area contributed by atoms with E-state index in [9.17, 15) is 0 Å². The number of nitrogens with zero attached hydrogens (tertiary/aromatic N) is 2. The van der Waals surface area contributed by atoms with E-state index in [1.165, 1.54) is 0 Å². The summed E-state index contributed by atoms with van der Waals surface area (Å²) in [5.74, 6) is 0.283. The van der Waals surface area contributed by atoms with Gasteiger partial charge in [0.1, 0.15) is 12.4 Å². The Morgan fingerprint density at radius 3 is 2.71 bits per heavy atom. The molecule has 1 aromatic carbocycles. The molecule has 0 bridgehead atoms. The second kappa shape index (κ2) is 3.91. The summed E-state index contributed by atoms with van der Waals surface area (Å²) in [6.07, 6.45) is 2.59. The molecule has 0 amide bonds. The molecule has 1 aromatic rings. The second-order valence-corrected chi connectivity index (χ2v) is 3.08. The molecule has 4 nitrogen and oxygen atoms in total. The maximum Gasteiger partial charge on any atom is 0.129 e. The van der Waals surface area contributed by atoms with Crippen molar-refractivity contribution in [2.24, 2.45) is 10.2 Å². The van der Waals surface area contributed by atoms with Gasteiger partial charge in [0.15, 0.2) is 0 Å². The highest BCUT2D eigenvalue weighted by Gasteiger charge is 2.01. The topological polar surface area (TPSA) is 57.0 Å². The summed E-state index contributed by atoms with van der Waals surface area (Å²) >= 11 is 0. The molecule has 2 N–H and O–H groups in total. The lowest BCUT2D eigenvalue weighted by molar-refractivity contribution is 0.475. The van der Waals surface area contributed by atoms with Crippen LogP contribution in [0.5, 0.6) is 5.75 Å². The first-order valence-electron chi connectivity index (χ1n) is 4.42. The third-order valence-corrected chi connectivity index (χ3v) is 1.95. The van der Waals surface area contributed by atoms with Crippen molar-refractivity contribution in [1.82, 2.24) is 5.32 Å². The van der Waals surface area contributed by atoms with E-state index in [-0.39, 0.29) is 5.75 Å². The van der Waals surface area contributed by atoms with E-state index in [0.717, 1.165) is 17.7 Å². The minimum Gasteiger partial charge on any atom is -0.508 e. The molecular weight excluding hydrogens is 178 g/mol. The second-order valence-electron chi connectivity index (χ2n) is 3.08. The predicted molar refractivity (Wildman–Crippen MR) is 52.8 cm³/mol. The van der Waals surface area contributed by atoms with Crippen LogP contribution < -0.4 is 5.32 Å². The molecule has 72 valence electrons. The van der Waals surface area contributed by atoms with Gasteiger partial charge in [0.25, 0.3) is 0 Å². The van der Waals surface area contributed by atoms with Crippen LogP contribution in [0.25, 0.3) is 0 Å². The number of phenolic OH excluding ortho intramolecular Hbond substituents is 1. The van der Waals surface area contributed by atoms with Crippen LogP contribution in [0.1, 0.15) is 5.56 Å². The summed E-state index contributed by atoms with van der Waals surface area (Å²) in [5, 5.41) is 20.0. The Bertz CT molecular complexity index is 367. The van der Waals surface area contributed by atoms with Gasteiger partial charge in [0, 0.05) is 12.6 Å². The fraction of sp³-hybridized carbons (Fsp3) is 0.200. The average molecular weight is 189 g/mol. The Morgan fingerprint density at radius 2 is 2.07 bits per heavy atom. The van der Waals surface area contributed by atoms with Gasteiger partial charge in [-0.3, -0.25) is 0 Å². The molecule has 0 unspecified atom stereocenters. The van der Waals surface area contributed by atoms with Gasteiger partial charge in [-0.25, -0.2) is 0 Å². The quantitative estimate of drug-likeness (QED) is 0.745. The highest BCUT2D eigenvalue weighted by molar-refractivity contribution is 5.28. The maximum atomic E-state index is 9.09. The number of aromatic hydroxyl groups is 1. The zero-order chi connectivity index (χ0) is 9.80. The molecule has 0 saturated carbocycles. The lowest BCUT2D eigenvalue weighted by Gasteiger charge is -2.06. The monoisotopic (exact) mass is 189 g/mol. The van der Waals surface area contributed by atoms with E-state index in [4.69, 9.17) is 5.11 Å². The van der Waals surface area contributed by atoms with Gasteiger partial charge < -0.3 is 10.4 Å². The van der Waals surface area contributed by atoms with Gasteiger partial charge in [-0.05, 0) is 17.7 Å². The van der Waals surface area contributed by atoms with Gasteiger partial charge >= 0.3 is 0 Å². The molecule has 1 aliphatic heterocycles. The summed E-state index contributed by atoms with van der Waals surface area (Å²) in [4.78, 5) is 0. The van der Waals surface area contributed by atoms with E-state index < -0.39 is 0 Å². The van der Waals surface area contributed by atoms with Crippen molar-refractivity contribution in [2.45, 2.75) is 6.42 Å². The number of rotatable bonds is 2. The van der Waals surface area contributed by atoms with Crippen molar-refractivity contribution in [3.8, 4) is 5.75 Å². The van der Waals surface area contributed by atoms with Crippen molar-refractivity contribution < 1.29 is 5.11 Å². The van der Waals surface area contributed by atoms with Crippen molar-refractivity contribution in [3.05, 3.63) is 41.7 Å². The lowest BCUT2D eigenvalue weighted by Crippen LogP contribution is -2.09. The number of hydrogen-bond acceptors (Lipinski definition) is 4. The first kappa shape index (κ1) is 8.74. The van der Waals surface area contributed by atoms with Gasteiger partial charge in [0.2, 0.25) is 0 Å². The van der Waals surface area contributed by atoms with E-state index in [1.54, 1.807) is 12.1 Å². The minimum absolute atomic E-state index is 0.283. The predicted octanol–water partition coefficient (Wildman–Crippen LogP) is 1.79. The fourth-order valence-corrected chi connectivity index (χ4v) is 1.27. The molecule has 2 rings (SSSR count). The van der Waals surface area contributed by atoms with E-state index >= 15 is 0 Å². The van der Waals surface area contributed by atoms with Crippen LogP contribution in [0.2, 0.25) is 0 Å². The molecule has 14 heavy (non-hydrogen) atoms. The third-order valence-electron chi connectivity index (χ3n) is 1.95. The maximum absolute atomic E-state index is 9.09. The highest BCUT2D eigenvalue weighted by Crippen LogP contribution is 2.14. The van der Waals surface area contributed by atoms with Crippen molar-refractivity contribution in [1.29, 1.82) is 0 Å². The van der Waals surface area contributed by atoms with Gasteiger partial charge in [-0.2, -0.15) is 10.2 Å². The number of benzene rings is 1. The molecule has 0 aromatic heterocycles. The first-order chi connectivity index (χ1) is 6.84. The average Bonchev–Trinajstić information content (AvgIpc) is 2.23. The van der Waals surface area contributed by atoms with Crippen LogP contribution in [-0.4, -0.2) is 11.8 Å². The molecule has 0 aliphatic carbocycles. The zero-order valence-corrected chi connectivity index (χ0v) is 7.64. The Balaban J connectivity index is 2.07. The third kappa shape index (κ3) is 2.10. The summed E-state index contributed by atoms with van der Waals surface area (Å²) < 4.78 is 0. The summed E-state index contributed by atoms with van der Waals surface area (Å²) in [6, 6.07) is 7.09. The van der Waals surface area contributed by atoms with Crippen LogP contribution in [-0.2, 0) is 6.42 Å². The Morgan fingerprint density at radius 1 is 1.29 bits per heavy atom. The summed E-state index contributed by atoms with van der Waals surface area (Å²) in [5.41, 5.74) is 2.01. The molecule has 0 atom stereocenters. The fourth-order valence-electron chi connectivity index (χ4n) is 1.27. The highest BCUT2D eigenvalue weighted by atomic mass is 16.3. The van der Waals surface area contributed by atoms with Crippen LogP contribution in [0.3, 0.4) is 0 Å². The standard InChI is InChI=1S/C10H11N3O/c14-10-3-1-8(2-4-10)5-9-6-11-7-12-13-9/h1-4,6,11,14H,5,7H2. The van der Waals surface area contributed by atoms with Crippen LogP contribution in [0.4, 0.5) is 0 Å². The number of azo groups is 1. The molecule has 0 spiro atoms. The minimum atomic E-state index is 0.283. The number of hydrogen-bond donors (Lipinski definition) is 2. The Kier molecular flexibility index (Phi) is 2.44. The smallest absolute Gasteiger partial charge is 0.129 e. The first-order valence-corrected chi connectivity index (χ1v) is 4.42. The van der Waals surface area contributed by atoms with E-state index in [0.29, 0.717) is 6.67 Å². The van der Waals surface area contributed by atoms with Crippen LogP contribution in [0, 0.1) is 0 Å². The summed E-state index contributed by atoms with van der Waals surface area (Å²) in [7, 11) is 0. The summed E-state index contributed by atoms with van der Waals surface area (Å²) in [6.45, 7) is 0.555. The Labute approximate surface area is 82.0 Å². The molecule has 4 heteroatoms. The zero-order valence-electron chi connectivity index (χ0n) is 7.64. The van der Waals surface area contributed by atoms with E-state index in [1.807, 2.05) is 18.3 Å². The van der Waals surface area contributed by atoms with Gasteiger partial charge in [-0.1, -0.05) is 12.1 Å². The normalized spacial score (nSPS) is 14.7. The SMILES string of the molecule is Oc1ccc(CC2=CNCN=N2)cc1. The van der Waals surface area contributed by atoms with Crippen LogP contribution >= 0.6 is 0 Å². The largest absolute Gasteiger partial charge is 0.508 e. The molecule has 1 heterocycles.